The quantitative estimate of drug-likeness (QED) is 0.574. The molecular formula is C24H26N2O2. The minimum atomic E-state index is -0.882. The van der Waals surface area contributed by atoms with E-state index in [1.54, 1.807) is 6.07 Å². The van der Waals surface area contributed by atoms with Gasteiger partial charge in [0.25, 0.3) is 0 Å². The van der Waals surface area contributed by atoms with Crippen LogP contribution in [0, 0.1) is 0 Å². The fraction of sp³-hybridized carbons (Fsp3) is 0.292. The number of unbranched alkanes of at least 4 members (excludes halogenated alkanes) is 1. The van der Waals surface area contributed by atoms with E-state index in [0.29, 0.717) is 5.56 Å². The second-order valence-electron chi connectivity index (χ2n) is 7.45. The molecule has 0 radical (unpaired) electrons. The van der Waals surface area contributed by atoms with E-state index in [4.69, 9.17) is 0 Å². The highest BCUT2D eigenvalue weighted by atomic mass is 16.4. The van der Waals surface area contributed by atoms with Crippen molar-refractivity contribution in [2.24, 2.45) is 0 Å². The first-order chi connectivity index (χ1) is 13.7. The van der Waals surface area contributed by atoms with Crippen LogP contribution in [-0.2, 0) is 6.42 Å². The molecule has 4 heteroatoms. The van der Waals surface area contributed by atoms with Crippen LogP contribution in [0.3, 0.4) is 0 Å². The summed E-state index contributed by atoms with van der Waals surface area (Å²) in [7, 11) is 0. The van der Waals surface area contributed by atoms with E-state index in [1.807, 2.05) is 18.3 Å². The van der Waals surface area contributed by atoms with Gasteiger partial charge in [0.1, 0.15) is 0 Å². The molecule has 0 bridgehead atoms. The predicted molar refractivity (Wildman–Crippen MR) is 114 cm³/mol. The van der Waals surface area contributed by atoms with E-state index >= 15 is 0 Å². The number of aryl methyl sites for hydroxylation is 1. The van der Waals surface area contributed by atoms with Gasteiger partial charge in [-0.15, -0.1) is 0 Å². The van der Waals surface area contributed by atoms with Gasteiger partial charge in [-0.1, -0.05) is 48.5 Å². The molecule has 0 saturated heterocycles. The lowest BCUT2D eigenvalue weighted by molar-refractivity contribution is 0.0699. The zero-order chi connectivity index (χ0) is 19.3. The third-order valence-corrected chi connectivity index (χ3v) is 5.64. The molecule has 1 aliphatic rings. The molecule has 2 heterocycles. The number of nitrogens with zero attached hydrogens (tertiary/aromatic N) is 1. The molecule has 4 rings (SSSR count). The first-order valence-electron chi connectivity index (χ1n) is 10.0. The van der Waals surface area contributed by atoms with Gasteiger partial charge in [0, 0.05) is 24.7 Å². The van der Waals surface area contributed by atoms with Gasteiger partial charge in [0.2, 0.25) is 0 Å². The molecule has 0 saturated carbocycles. The lowest BCUT2D eigenvalue weighted by atomic mass is 9.99. The fourth-order valence-corrected chi connectivity index (χ4v) is 4.08. The number of aromatic nitrogens is 1. The van der Waals surface area contributed by atoms with E-state index in [2.05, 4.69) is 46.3 Å². The number of rotatable bonds is 7. The number of fused-ring (bicyclic) bond motifs is 1. The van der Waals surface area contributed by atoms with Crippen LogP contribution in [0.5, 0.6) is 0 Å². The van der Waals surface area contributed by atoms with Gasteiger partial charge in [-0.25, -0.2) is 4.79 Å². The molecule has 1 aromatic heterocycles. The van der Waals surface area contributed by atoms with E-state index in [-0.39, 0.29) is 0 Å². The third kappa shape index (κ3) is 4.02. The minimum Gasteiger partial charge on any atom is -0.478 e. The number of para-hydroxylation sites is 1. The molecule has 28 heavy (non-hydrogen) atoms. The molecule has 1 aliphatic heterocycles. The summed E-state index contributed by atoms with van der Waals surface area (Å²) < 4.78 is 0. The van der Waals surface area contributed by atoms with Crippen LogP contribution in [0.4, 0.5) is 0 Å². The molecule has 0 spiro atoms. The molecule has 0 atom stereocenters. The second-order valence-corrected chi connectivity index (χ2v) is 7.45. The van der Waals surface area contributed by atoms with Crippen LogP contribution >= 0.6 is 0 Å². The van der Waals surface area contributed by atoms with Crippen LogP contribution < -0.4 is 0 Å². The van der Waals surface area contributed by atoms with Crippen molar-refractivity contribution in [1.29, 1.82) is 0 Å². The summed E-state index contributed by atoms with van der Waals surface area (Å²) >= 11 is 0. The highest BCUT2D eigenvalue weighted by molar-refractivity contribution is 6.02. The maximum Gasteiger partial charge on any atom is 0.337 e. The summed E-state index contributed by atoms with van der Waals surface area (Å²) in [6, 6.07) is 16.1. The molecule has 144 valence electrons. The number of aromatic carboxylic acids is 1. The van der Waals surface area contributed by atoms with E-state index in [9.17, 15) is 9.90 Å². The molecular weight excluding hydrogens is 348 g/mol. The van der Waals surface area contributed by atoms with Crippen molar-refractivity contribution in [2.75, 3.05) is 19.6 Å². The summed E-state index contributed by atoms with van der Waals surface area (Å²) in [5.41, 5.74) is 5.10. The molecule has 0 amide bonds. The Hall–Kier alpha value is -2.85. The standard InChI is InChI=1S/C24H26N2O2/c27-24(28)22-11-6-10-21-20(17-25-23(21)22)9-4-5-14-26-15-12-19(13-16-26)18-7-2-1-3-8-18/h1-3,6-8,10-12,17,25H,4-5,9,13-16H2,(H,27,28). The van der Waals surface area contributed by atoms with Crippen molar-refractivity contribution in [3.8, 4) is 0 Å². The molecule has 0 unspecified atom stereocenters. The molecule has 2 N–H and O–H groups in total. The maximum absolute atomic E-state index is 11.3. The normalized spacial score (nSPS) is 14.9. The summed E-state index contributed by atoms with van der Waals surface area (Å²) in [6.45, 7) is 3.26. The van der Waals surface area contributed by atoms with Crippen LogP contribution in [0.1, 0.15) is 40.7 Å². The maximum atomic E-state index is 11.3. The lowest BCUT2D eigenvalue weighted by Gasteiger charge is -2.26. The topological polar surface area (TPSA) is 56.3 Å². The Morgan fingerprint density at radius 3 is 2.68 bits per heavy atom. The smallest absolute Gasteiger partial charge is 0.337 e. The third-order valence-electron chi connectivity index (χ3n) is 5.64. The van der Waals surface area contributed by atoms with E-state index in [1.165, 1.54) is 16.7 Å². The monoisotopic (exact) mass is 374 g/mol. The van der Waals surface area contributed by atoms with Gasteiger partial charge >= 0.3 is 5.97 Å². The number of aromatic amines is 1. The lowest BCUT2D eigenvalue weighted by Crippen LogP contribution is -2.29. The zero-order valence-electron chi connectivity index (χ0n) is 16.0. The van der Waals surface area contributed by atoms with Gasteiger partial charge < -0.3 is 10.1 Å². The Kier molecular flexibility index (Phi) is 5.58. The van der Waals surface area contributed by atoms with Crippen molar-refractivity contribution < 1.29 is 9.90 Å². The molecule has 2 aromatic carbocycles. The SMILES string of the molecule is O=C(O)c1cccc2c(CCCCN3CC=C(c4ccccc4)CC3)c[nH]c12. The number of nitrogens with one attached hydrogen (secondary N) is 1. The van der Waals surface area contributed by atoms with Crippen LogP contribution in [0.2, 0.25) is 0 Å². The van der Waals surface area contributed by atoms with Crippen molar-refractivity contribution in [2.45, 2.75) is 25.7 Å². The van der Waals surface area contributed by atoms with Crippen molar-refractivity contribution in [3.05, 3.63) is 77.5 Å². The zero-order valence-corrected chi connectivity index (χ0v) is 16.0. The molecule has 3 aromatic rings. The largest absolute Gasteiger partial charge is 0.478 e. The Labute approximate surface area is 165 Å². The Morgan fingerprint density at radius 2 is 1.93 bits per heavy atom. The van der Waals surface area contributed by atoms with Crippen molar-refractivity contribution >= 4 is 22.4 Å². The highest BCUT2D eigenvalue weighted by Crippen LogP contribution is 2.24. The predicted octanol–water partition coefficient (Wildman–Crippen LogP) is 4.98. The number of carboxylic acids is 1. The summed E-state index contributed by atoms with van der Waals surface area (Å²) in [6.07, 6.45) is 8.68. The first-order valence-corrected chi connectivity index (χ1v) is 10.0. The molecule has 4 nitrogen and oxygen atoms in total. The van der Waals surface area contributed by atoms with E-state index < -0.39 is 5.97 Å². The summed E-state index contributed by atoms with van der Waals surface area (Å²) in [5.74, 6) is -0.882. The van der Waals surface area contributed by atoms with Crippen molar-refractivity contribution in [3.63, 3.8) is 0 Å². The second kappa shape index (κ2) is 8.44. The van der Waals surface area contributed by atoms with Gasteiger partial charge in [0.15, 0.2) is 0 Å². The Bertz CT molecular complexity index is 988. The first kappa shape index (κ1) is 18.5. The summed E-state index contributed by atoms with van der Waals surface area (Å²) in [4.78, 5) is 17.0. The average molecular weight is 374 g/mol. The Morgan fingerprint density at radius 1 is 1.07 bits per heavy atom. The van der Waals surface area contributed by atoms with Crippen molar-refractivity contribution in [1.82, 2.24) is 9.88 Å². The van der Waals surface area contributed by atoms with Crippen LogP contribution in [0.15, 0.2) is 60.8 Å². The molecule has 0 fully saturated rings. The summed E-state index contributed by atoms with van der Waals surface area (Å²) in [5, 5.41) is 10.3. The number of hydrogen-bond donors (Lipinski definition) is 2. The number of carbonyl (C=O) groups is 1. The van der Waals surface area contributed by atoms with Crippen LogP contribution in [-0.4, -0.2) is 40.6 Å². The number of H-pyrrole nitrogens is 1. The van der Waals surface area contributed by atoms with Gasteiger partial charge in [-0.2, -0.15) is 0 Å². The van der Waals surface area contributed by atoms with Gasteiger partial charge in [-0.3, -0.25) is 4.90 Å². The van der Waals surface area contributed by atoms with E-state index in [0.717, 1.165) is 56.2 Å². The fourth-order valence-electron chi connectivity index (χ4n) is 4.08. The highest BCUT2D eigenvalue weighted by Gasteiger charge is 2.14. The number of hydrogen-bond acceptors (Lipinski definition) is 2. The van der Waals surface area contributed by atoms with Gasteiger partial charge in [-0.05, 0) is 55.0 Å². The number of benzene rings is 2. The molecule has 0 aliphatic carbocycles. The average Bonchev–Trinajstić information content (AvgIpc) is 3.15. The minimum absolute atomic E-state index is 0.345. The Balaban J connectivity index is 1.28. The number of carboxylic acid groups (broad SMARTS) is 1. The van der Waals surface area contributed by atoms with Crippen LogP contribution in [0.25, 0.3) is 16.5 Å². The van der Waals surface area contributed by atoms with Gasteiger partial charge in [0.05, 0.1) is 11.1 Å².